The van der Waals surface area contributed by atoms with Gasteiger partial charge in [0.05, 0.1) is 5.92 Å². The first-order chi connectivity index (χ1) is 7.24. The van der Waals surface area contributed by atoms with Gasteiger partial charge in [-0.15, -0.1) is 0 Å². The van der Waals surface area contributed by atoms with Crippen molar-refractivity contribution in [3.05, 3.63) is 0 Å². The zero-order valence-electron chi connectivity index (χ0n) is 8.50. The number of rotatable bonds is 3. The molecule has 0 aromatic carbocycles. The highest BCUT2D eigenvalue weighted by molar-refractivity contribution is 5.87. The number of esters is 1. The van der Waals surface area contributed by atoms with Gasteiger partial charge in [-0.25, -0.2) is 4.79 Å². The maximum absolute atomic E-state index is 12.6. The molecule has 1 saturated heterocycles. The monoisotopic (exact) mass is 240 g/mol. The van der Waals surface area contributed by atoms with Gasteiger partial charge >= 0.3 is 23.7 Å². The number of cyclic esters (lactones) is 1. The highest BCUT2D eigenvalue weighted by Gasteiger charge is 2.69. The average Bonchev–Trinajstić information content (AvgIpc) is 2.44. The van der Waals surface area contributed by atoms with Crippen molar-refractivity contribution in [3.8, 4) is 0 Å². The number of aliphatic carboxylic acids is 1. The fraction of sp³-hybridized carbons (Fsp3) is 0.778. The molecule has 2 atom stereocenters. The molecule has 92 valence electrons. The standard InChI is InChI=1S/C9H11F3O4/c1-2-3-5-4-8(7(14)15,9(10,11)12)16-6(5)13/h5H,2-4H2,1H3,(H,14,15). The van der Waals surface area contributed by atoms with Crippen LogP contribution in [0.3, 0.4) is 0 Å². The zero-order chi connectivity index (χ0) is 12.6. The minimum atomic E-state index is -5.09. The lowest BCUT2D eigenvalue weighted by molar-refractivity contribution is -0.258. The topological polar surface area (TPSA) is 63.6 Å². The summed E-state index contributed by atoms with van der Waals surface area (Å²) in [4.78, 5) is 21.8. The van der Waals surface area contributed by atoms with Crippen molar-refractivity contribution in [1.82, 2.24) is 0 Å². The Kier molecular flexibility index (Phi) is 3.16. The highest BCUT2D eigenvalue weighted by Crippen LogP contribution is 2.45. The summed E-state index contributed by atoms with van der Waals surface area (Å²) in [6.45, 7) is 1.70. The van der Waals surface area contributed by atoms with Gasteiger partial charge in [0, 0.05) is 6.42 Å². The molecule has 1 aliphatic heterocycles. The maximum atomic E-state index is 12.6. The van der Waals surface area contributed by atoms with Crippen LogP contribution < -0.4 is 0 Å². The smallest absolute Gasteiger partial charge is 0.439 e. The van der Waals surface area contributed by atoms with Gasteiger partial charge in [0.25, 0.3) is 0 Å². The maximum Gasteiger partial charge on any atom is 0.439 e. The molecule has 0 radical (unpaired) electrons. The van der Waals surface area contributed by atoms with E-state index >= 15 is 0 Å². The summed E-state index contributed by atoms with van der Waals surface area (Å²) < 4.78 is 41.9. The van der Waals surface area contributed by atoms with Crippen LogP contribution in [0.25, 0.3) is 0 Å². The molecule has 1 heterocycles. The molecule has 1 fully saturated rings. The van der Waals surface area contributed by atoms with Crippen LogP contribution in [0.2, 0.25) is 0 Å². The van der Waals surface area contributed by atoms with E-state index in [1.165, 1.54) is 0 Å². The summed E-state index contributed by atoms with van der Waals surface area (Å²) in [5, 5.41) is 8.61. The number of carbonyl (C=O) groups is 2. The minimum absolute atomic E-state index is 0.198. The zero-order valence-corrected chi connectivity index (χ0v) is 8.50. The number of alkyl halides is 3. The molecule has 1 aliphatic rings. The second-order valence-corrected chi connectivity index (χ2v) is 3.74. The fourth-order valence-electron chi connectivity index (χ4n) is 1.72. The Balaban J connectivity index is 3.01. The molecule has 0 spiro atoms. The number of carboxylic acids is 1. The predicted molar refractivity (Wildman–Crippen MR) is 45.5 cm³/mol. The first kappa shape index (κ1) is 12.8. The van der Waals surface area contributed by atoms with E-state index < -0.39 is 36.1 Å². The summed E-state index contributed by atoms with van der Waals surface area (Å²) in [5.41, 5.74) is -3.36. The first-order valence-electron chi connectivity index (χ1n) is 4.77. The lowest BCUT2D eigenvalue weighted by atomic mass is 9.91. The van der Waals surface area contributed by atoms with Gasteiger partial charge in [-0.05, 0) is 6.42 Å². The lowest BCUT2D eigenvalue weighted by Gasteiger charge is -2.25. The molecule has 1 N–H and O–H groups in total. The van der Waals surface area contributed by atoms with Crippen LogP contribution in [0.15, 0.2) is 0 Å². The molecule has 0 bridgehead atoms. The number of ether oxygens (including phenoxy) is 1. The van der Waals surface area contributed by atoms with Crippen LogP contribution in [0.4, 0.5) is 13.2 Å². The third-order valence-electron chi connectivity index (χ3n) is 2.58. The SMILES string of the molecule is CCCC1CC(C(=O)O)(C(F)(F)F)OC1=O. The van der Waals surface area contributed by atoms with Gasteiger partial charge in [0.15, 0.2) is 0 Å². The van der Waals surface area contributed by atoms with Crippen molar-refractivity contribution >= 4 is 11.9 Å². The summed E-state index contributed by atoms with van der Waals surface area (Å²) >= 11 is 0. The molecule has 0 amide bonds. The average molecular weight is 240 g/mol. The summed E-state index contributed by atoms with van der Waals surface area (Å²) in [6, 6.07) is 0. The quantitative estimate of drug-likeness (QED) is 0.763. The van der Waals surface area contributed by atoms with Gasteiger partial charge < -0.3 is 9.84 Å². The number of carbonyl (C=O) groups excluding carboxylic acids is 1. The summed E-state index contributed by atoms with van der Waals surface area (Å²) in [5.74, 6) is -4.23. The molecule has 4 nitrogen and oxygen atoms in total. The molecule has 16 heavy (non-hydrogen) atoms. The van der Waals surface area contributed by atoms with Crippen molar-refractivity contribution < 1.29 is 32.6 Å². The van der Waals surface area contributed by atoms with Crippen LogP contribution >= 0.6 is 0 Å². The molecule has 2 unspecified atom stereocenters. The fourth-order valence-corrected chi connectivity index (χ4v) is 1.72. The van der Waals surface area contributed by atoms with Gasteiger partial charge in [-0.2, -0.15) is 13.2 Å². The number of halogens is 3. The summed E-state index contributed by atoms with van der Waals surface area (Å²) in [7, 11) is 0. The van der Waals surface area contributed by atoms with E-state index in [0.717, 1.165) is 0 Å². The molecule has 0 aromatic rings. The third kappa shape index (κ3) is 1.85. The van der Waals surface area contributed by atoms with Crippen LogP contribution in [0, 0.1) is 5.92 Å². The lowest BCUT2D eigenvalue weighted by Crippen LogP contribution is -2.51. The Labute approximate surface area is 89.4 Å². The Morgan fingerprint density at radius 2 is 2.19 bits per heavy atom. The second kappa shape index (κ2) is 3.95. The minimum Gasteiger partial charge on any atom is -0.478 e. The Bertz CT molecular complexity index is 312. The molecule has 1 rings (SSSR count). The third-order valence-corrected chi connectivity index (χ3v) is 2.58. The van der Waals surface area contributed by atoms with Gasteiger partial charge in [0.1, 0.15) is 0 Å². The Morgan fingerprint density at radius 3 is 2.50 bits per heavy atom. The van der Waals surface area contributed by atoms with Gasteiger partial charge in [-0.1, -0.05) is 13.3 Å². The van der Waals surface area contributed by atoms with Crippen molar-refractivity contribution in [3.63, 3.8) is 0 Å². The van der Waals surface area contributed by atoms with E-state index in [1.54, 1.807) is 6.92 Å². The highest BCUT2D eigenvalue weighted by atomic mass is 19.4. The molecule has 7 heteroatoms. The number of hydrogen-bond acceptors (Lipinski definition) is 3. The Hall–Kier alpha value is -1.27. The molecule has 0 aliphatic carbocycles. The van der Waals surface area contributed by atoms with Crippen molar-refractivity contribution in [2.75, 3.05) is 0 Å². The van der Waals surface area contributed by atoms with Crippen molar-refractivity contribution in [2.24, 2.45) is 5.92 Å². The van der Waals surface area contributed by atoms with Crippen molar-refractivity contribution in [1.29, 1.82) is 0 Å². The van der Waals surface area contributed by atoms with Crippen molar-refractivity contribution in [2.45, 2.75) is 38.0 Å². The van der Waals surface area contributed by atoms with Gasteiger partial charge in [0.2, 0.25) is 0 Å². The molecular weight excluding hydrogens is 229 g/mol. The van der Waals surface area contributed by atoms with Crippen LogP contribution in [0.1, 0.15) is 26.2 Å². The van der Waals surface area contributed by atoms with E-state index in [4.69, 9.17) is 5.11 Å². The van der Waals surface area contributed by atoms with E-state index in [2.05, 4.69) is 4.74 Å². The molecular formula is C9H11F3O4. The first-order valence-corrected chi connectivity index (χ1v) is 4.77. The molecule has 0 saturated carbocycles. The summed E-state index contributed by atoms with van der Waals surface area (Å²) in [6.07, 6.45) is -5.23. The van der Waals surface area contributed by atoms with E-state index in [-0.39, 0.29) is 6.42 Å². The molecule has 0 aromatic heterocycles. The van der Waals surface area contributed by atoms with E-state index in [9.17, 15) is 22.8 Å². The number of carboxylic acid groups (broad SMARTS) is 1. The van der Waals surface area contributed by atoms with E-state index in [1.807, 2.05) is 0 Å². The van der Waals surface area contributed by atoms with Crippen LogP contribution in [-0.4, -0.2) is 28.8 Å². The predicted octanol–water partition coefficient (Wildman–Crippen LogP) is 1.74. The second-order valence-electron chi connectivity index (χ2n) is 3.74. The van der Waals surface area contributed by atoms with Gasteiger partial charge in [-0.3, -0.25) is 4.79 Å². The Morgan fingerprint density at radius 1 is 1.62 bits per heavy atom. The normalized spacial score (nSPS) is 30.2. The number of hydrogen-bond donors (Lipinski definition) is 1. The van der Waals surface area contributed by atoms with Crippen LogP contribution in [-0.2, 0) is 14.3 Å². The van der Waals surface area contributed by atoms with E-state index in [0.29, 0.717) is 6.42 Å². The largest absolute Gasteiger partial charge is 0.478 e. The van der Waals surface area contributed by atoms with Crippen LogP contribution in [0.5, 0.6) is 0 Å².